The van der Waals surface area contributed by atoms with Crippen LogP contribution in [0, 0.1) is 24.7 Å². The summed E-state index contributed by atoms with van der Waals surface area (Å²) < 4.78 is 0. The maximum absolute atomic E-state index is 12.1. The lowest BCUT2D eigenvalue weighted by atomic mass is 9.90. The van der Waals surface area contributed by atoms with Crippen LogP contribution in [0.2, 0.25) is 0 Å². The Morgan fingerprint density at radius 1 is 1.21 bits per heavy atom. The molecule has 0 aliphatic heterocycles. The van der Waals surface area contributed by atoms with E-state index in [0.29, 0.717) is 5.69 Å². The van der Waals surface area contributed by atoms with Gasteiger partial charge in [-0.15, -0.1) is 0 Å². The molecule has 3 rings (SSSR count). The largest absolute Gasteiger partial charge is 0.481 e. The summed E-state index contributed by atoms with van der Waals surface area (Å²) in [5, 5.41) is 23.9. The number of aliphatic carboxylic acids is 2. The number of carboxylic acid groups (broad SMARTS) is 2. The summed E-state index contributed by atoms with van der Waals surface area (Å²) in [7, 11) is 0. The first-order chi connectivity index (χ1) is 11.2. The Bertz CT molecular complexity index is 704. The molecule has 0 aromatic heterocycles. The summed E-state index contributed by atoms with van der Waals surface area (Å²) >= 11 is 0. The number of aryl methyl sites for hydroxylation is 1. The zero-order valence-corrected chi connectivity index (χ0v) is 13.0. The number of carboxylic acids is 2. The minimum absolute atomic E-state index is 0.0166. The van der Waals surface area contributed by atoms with Gasteiger partial charge in [-0.25, -0.2) is 4.79 Å². The van der Waals surface area contributed by atoms with Gasteiger partial charge in [-0.2, -0.15) is 0 Å². The zero-order chi connectivity index (χ0) is 17.6. The summed E-state index contributed by atoms with van der Waals surface area (Å²) in [6, 6.07) is 6.09. The second kappa shape index (κ2) is 5.48. The fourth-order valence-electron chi connectivity index (χ4n) is 3.80. The van der Waals surface area contributed by atoms with Gasteiger partial charge in [0, 0.05) is 17.6 Å². The molecule has 2 saturated carbocycles. The van der Waals surface area contributed by atoms with E-state index in [1.807, 2.05) is 19.1 Å². The van der Waals surface area contributed by atoms with E-state index in [-0.39, 0.29) is 6.42 Å². The first kappa shape index (κ1) is 16.3. The Balaban J connectivity index is 1.69. The molecule has 5 atom stereocenters. The van der Waals surface area contributed by atoms with E-state index in [1.54, 1.807) is 12.1 Å². The van der Waals surface area contributed by atoms with E-state index in [9.17, 15) is 24.6 Å². The molecule has 8 nitrogen and oxygen atoms in total. The molecule has 2 amide bonds. The van der Waals surface area contributed by atoms with Crippen LogP contribution < -0.4 is 16.4 Å². The monoisotopic (exact) mass is 333 g/mol. The molecule has 0 radical (unpaired) electrons. The van der Waals surface area contributed by atoms with Crippen LogP contribution in [-0.4, -0.2) is 39.8 Å². The number of benzene rings is 1. The van der Waals surface area contributed by atoms with Crippen molar-refractivity contribution in [1.29, 1.82) is 0 Å². The number of amides is 2. The summed E-state index contributed by atoms with van der Waals surface area (Å²) in [5.41, 5.74) is 5.95. The molecule has 2 aliphatic carbocycles. The molecular formula is C16H19N3O5. The minimum Gasteiger partial charge on any atom is -0.481 e. The normalized spacial score (nSPS) is 33.4. The summed E-state index contributed by atoms with van der Waals surface area (Å²) in [6.45, 7) is 1.92. The maximum Gasteiger partial charge on any atom is 0.324 e. The summed E-state index contributed by atoms with van der Waals surface area (Å²) in [5.74, 6) is -4.25. The van der Waals surface area contributed by atoms with E-state index >= 15 is 0 Å². The Morgan fingerprint density at radius 2 is 1.83 bits per heavy atom. The van der Waals surface area contributed by atoms with Gasteiger partial charge < -0.3 is 26.6 Å². The van der Waals surface area contributed by atoms with Gasteiger partial charge in [0.15, 0.2) is 0 Å². The number of carbonyl (C=O) groups excluding carboxylic acids is 1. The molecule has 128 valence electrons. The van der Waals surface area contributed by atoms with Gasteiger partial charge >= 0.3 is 18.0 Å². The third-order valence-electron chi connectivity index (χ3n) is 5.00. The number of rotatable bonds is 4. The highest BCUT2D eigenvalue weighted by atomic mass is 16.4. The van der Waals surface area contributed by atoms with E-state index in [1.165, 1.54) is 0 Å². The molecule has 2 aliphatic rings. The molecule has 0 heterocycles. The first-order valence-electron chi connectivity index (χ1n) is 7.63. The quantitative estimate of drug-likeness (QED) is 0.547. The number of anilines is 1. The van der Waals surface area contributed by atoms with Crippen molar-refractivity contribution < 1.29 is 24.6 Å². The van der Waals surface area contributed by atoms with Crippen molar-refractivity contribution in [3.05, 3.63) is 29.8 Å². The van der Waals surface area contributed by atoms with Gasteiger partial charge in [-0.05, 0) is 31.4 Å². The van der Waals surface area contributed by atoms with Gasteiger partial charge in [0.05, 0.1) is 5.92 Å². The maximum atomic E-state index is 12.1. The molecule has 0 spiro atoms. The second-order valence-electron chi connectivity index (χ2n) is 6.59. The van der Waals surface area contributed by atoms with Crippen LogP contribution in [0.3, 0.4) is 0 Å². The van der Waals surface area contributed by atoms with Crippen molar-refractivity contribution in [2.24, 2.45) is 23.5 Å². The standard InChI is InChI=1S/C16H19N3O5/c1-7-2-4-8(5-3-7)18-15(24)19-9-6-16(17,14(22)23)12-10(9)11(12)13(20)21/h2-5,9-12H,6,17H2,1H3,(H,20,21)(H,22,23)(H2,18,19,24)/t9-,10-,11-,12-,16-/m0/s1. The summed E-state index contributed by atoms with van der Waals surface area (Å²) in [6.07, 6.45) is 0.0166. The van der Waals surface area contributed by atoms with E-state index < -0.39 is 47.3 Å². The second-order valence-corrected chi connectivity index (χ2v) is 6.59. The van der Waals surface area contributed by atoms with Gasteiger partial charge in [0.1, 0.15) is 5.54 Å². The number of nitrogens with two attached hydrogens (primary N) is 1. The van der Waals surface area contributed by atoms with Crippen molar-refractivity contribution in [3.63, 3.8) is 0 Å². The lowest BCUT2D eigenvalue weighted by molar-refractivity contribution is -0.145. The molecule has 24 heavy (non-hydrogen) atoms. The molecule has 8 heteroatoms. The van der Waals surface area contributed by atoms with Crippen LogP contribution in [-0.2, 0) is 9.59 Å². The molecule has 6 N–H and O–H groups in total. The molecule has 2 fully saturated rings. The lowest BCUT2D eigenvalue weighted by Crippen LogP contribution is -2.52. The number of hydrogen-bond donors (Lipinski definition) is 5. The van der Waals surface area contributed by atoms with Crippen molar-refractivity contribution >= 4 is 23.7 Å². The highest BCUT2D eigenvalue weighted by molar-refractivity contribution is 5.91. The molecule has 0 unspecified atom stereocenters. The average molecular weight is 333 g/mol. The van der Waals surface area contributed by atoms with Gasteiger partial charge in [0.25, 0.3) is 0 Å². The SMILES string of the molecule is Cc1ccc(NC(=O)N[C@H]2C[C@@](N)(C(=O)O)[C@@H]3[C@@H](C(=O)O)[C@@H]32)cc1. The number of nitrogens with one attached hydrogen (secondary N) is 2. The minimum atomic E-state index is -1.62. The molecule has 1 aromatic carbocycles. The van der Waals surface area contributed by atoms with Crippen LogP contribution in [0.25, 0.3) is 0 Å². The Morgan fingerprint density at radius 3 is 2.38 bits per heavy atom. The van der Waals surface area contributed by atoms with Crippen LogP contribution in [0.1, 0.15) is 12.0 Å². The van der Waals surface area contributed by atoms with Crippen molar-refractivity contribution in [3.8, 4) is 0 Å². The van der Waals surface area contributed by atoms with E-state index in [4.69, 9.17) is 5.73 Å². The highest BCUT2D eigenvalue weighted by Crippen LogP contribution is 2.61. The third-order valence-corrected chi connectivity index (χ3v) is 5.00. The number of hydrogen-bond acceptors (Lipinski definition) is 4. The smallest absolute Gasteiger partial charge is 0.324 e. The average Bonchev–Trinajstić information content (AvgIpc) is 3.18. The van der Waals surface area contributed by atoms with Crippen LogP contribution in [0.15, 0.2) is 24.3 Å². The van der Waals surface area contributed by atoms with Crippen LogP contribution >= 0.6 is 0 Å². The van der Waals surface area contributed by atoms with Gasteiger partial charge in [0.2, 0.25) is 0 Å². The van der Waals surface area contributed by atoms with Crippen LogP contribution in [0.4, 0.5) is 10.5 Å². The highest BCUT2D eigenvalue weighted by Gasteiger charge is 2.74. The topological polar surface area (TPSA) is 142 Å². The van der Waals surface area contributed by atoms with Gasteiger partial charge in [-0.1, -0.05) is 17.7 Å². The van der Waals surface area contributed by atoms with Crippen LogP contribution in [0.5, 0.6) is 0 Å². The first-order valence-corrected chi connectivity index (χ1v) is 7.63. The summed E-state index contributed by atoms with van der Waals surface area (Å²) in [4.78, 5) is 34.8. The predicted octanol–water partition coefficient (Wildman–Crippen LogP) is 0.618. The fourth-order valence-corrected chi connectivity index (χ4v) is 3.80. The number of carbonyl (C=O) groups is 3. The fraction of sp³-hybridized carbons (Fsp3) is 0.438. The van der Waals surface area contributed by atoms with E-state index in [2.05, 4.69) is 10.6 Å². The van der Waals surface area contributed by atoms with Crippen molar-refractivity contribution in [1.82, 2.24) is 5.32 Å². The predicted molar refractivity (Wildman–Crippen MR) is 84.4 cm³/mol. The number of urea groups is 1. The molecular weight excluding hydrogens is 314 g/mol. The zero-order valence-electron chi connectivity index (χ0n) is 13.0. The Hall–Kier alpha value is -2.61. The lowest BCUT2D eigenvalue weighted by Gasteiger charge is -2.25. The molecule has 0 saturated heterocycles. The molecule has 1 aromatic rings. The van der Waals surface area contributed by atoms with Crippen molar-refractivity contribution in [2.75, 3.05) is 5.32 Å². The van der Waals surface area contributed by atoms with Crippen molar-refractivity contribution in [2.45, 2.75) is 24.9 Å². The Labute approximate surface area is 138 Å². The Kier molecular flexibility index (Phi) is 3.71. The van der Waals surface area contributed by atoms with Gasteiger partial charge in [-0.3, -0.25) is 9.59 Å². The third kappa shape index (κ3) is 2.58. The molecule has 0 bridgehead atoms. The van der Waals surface area contributed by atoms with E-state index in [0.717, 1.165) is 5.56 Å². The number of fused-ring (bicyclic) bond motifs is 1.